The first-order valence-corrected chi connectivity index (χ1v) is 10.5. The summed E-state index contributed by atoms with van der Waals surface area (Å²) in [5.41, 5.74) is 3.55. The lowest BCUT2D eigenvalue weighted by Crippen LogP contribution is -2.47. The van der Waals surface area contributed by atoms with Crippen molar-refractivity contribution < 1.29 is 19.4 Å². The first-order valence-electron chi connectivity index (χ1n) is 10.5. The van der Waals surface area contributed by atoms with Gasteiger partial charge >= 0.3 is 12.1 Å². The second kappa shape index (κ2) is 10.5. The predicted octanol–water partition coefficient (Wildman–Crippen LogP) is 3.99. The van der Waals surface area contributed by atoms with Crippen molar-refractivity contribution in [1.29, 1.82) is 0 Å². The van der Waals surface area contributed by atoms with Gasteiger partial charge < -0.3 is 9.84 Å². The average molecular weight is 438 g/mol. The van der Waals surface area contributed by atoms with Crippen LogP contribution >= 0.6 is 0 Å². The van der Waals surface area contributed by atoms with Crippen LogP contribution in [-0.2, 0) is 16.1 Å². The number of aromatic amines is 1. The Morgan fingerprint density at radius 3 is 2.34 bits per heavy atom. The highest BCUT2D eigenvalue weighted by Crippen LogP contribution is 2.30. The Hall–Kier alpha value is -3.75. The van der Waals surface area contributed by atoms with Crippen molar-refractivity contribution in [3.63, 3.8) is 0 Å². The van der Waals surface area contributed by atoms with Gasteiger partial charge in [0.15, 0.2) is 5.82 Å². The Morgan fingerprint density at radius 1 is 1.09 bits per heavy atom. The van der Waals surface area contributed by atoms with E-state index in [2.05, 4.69) is 20.6 Å². The minimum atomic E-state index is -1.06. The minimum Gasteiger partial charge on any atom is -0.480 e. The van der Waals surface area contributed by atoms with Crippen LogP contribution in [0.2, 0.25) is 0 Å². The van der Waals surface area contributed by atoms with Crippen LogP contribution < -0.4 is 0 Å². The molecule has 1 amide bonds. The van der Waals surface area contributed by atoms with Crippen LogP contribution in [0.1, 0.15) is 32.8 Å². The number of tetrazole rings is 1. The molecular weight excluding hydrogens is 410 g/mol. The number of H-pyrrole nitrogens is 1. The van der Waals surface area contributed by atoms with E-state index in [1.54, 1.807) is 13.8 Å². The smallest absolute Gasteiger partial charge is 0.410 e. The molecule has 168 valence electrons. The van der Waals surface area contributed by atoms with Gasteiger partial charge in [-0.1, -0.05) is 69.3 Å². The van der Waals surface area contributed by atoms with Gasteiger partial charge in [-0.15, -0.1) is 5.10 Å². The molecule has 0 radical (unpaired) electrons. The number of nitrogens with zero attached hydrogens (tertiary/aromatic N) is 4. The summed E-state index contributed by atoms with van der Waals surface area (Å²) in [5, 5.41) is 23.8. The molecule has 0 saturated carbocycles. The molecule has 9 nitrogen and oxygen atoms in total. The maximum atomic E-state index is 12.6. The highest BCUT2D eigenvalue weighted by Gasteiger charge is 2.33. The molecule has 32 heavy (non-hydrogen) atoms. The van der Waals surface area contributed by atoms with Crippen LogP contribution in [0.3, 0.4) is 0 Å². The second-order valence-electron chi connectivity index (χ2n) is 7.76. The monoisotopic (exact) mass is 437 g/mol. The molecule has 0 bridgehead atoms. The largest absolute Gasteiger partial charge is 0.480 e. The first-order chi connectivity index (χ1) is 15.4. The average Bonchev–Trinajstić information content (AvgIpc) is 3.32. The third-order valence-electron chi connectivity index (χ3n) is 5.03. The lowest BCUT2D eigenvalue weighted by atomic mass is 9.97. The topological polar surface area (TPSA) is 121 Å². The Bertz CT molecular complexity index is 1030. The van der Waals surface area contributed by atoms with E-state index in [0.717, 1.165) is 22.3 Å². The van der Waals surface area contributed by atoms with Gasteiger partial charge in [-0.25, -0.2) is 14.7 Å². The number of amides is 1. The SMILES string of the molecule is CCCOC(=O)N(Cc1ccc(-c2ccccc2-c2nnn[nH]2)cc1)C(C(=O)O)C(C)C. The molecule has 1 unspecified atom stereocenters. The zero-order chi connectivity index (χ0) is 23.1. The normalized spacial score (nSPS) is 11.9. The summed E-state index contributed by atoms with van der Waals surface area (Å²) in [6.45, 7) is 5.81. The maximum Gasteiger partial charge on any atom is 0.410 e. The lowest BCUT2D eigenvalue weighted by Gasteiger charge is -2.30. The summed E-state index contributed by atoms with van der Waals surface area (Å²) in [6.07, 6.45) is 0.0357. The molecule has 0 spiro atoms. The maximum absolute atomic E-state index is 12.6. The molecule has 2 aromatic carbocycles. The van der Waals surface area contributed by atoms with Crippen molar-refractivity contribution in [1.82, 2.24) is 25.5 Å². The standard InChI is InChI=1S/C23H27N5O4/c1-4-13-32-23(31)28(20(15(2)3)22(29)30)14-16-9-11-17(12-10-16)18-7-5-6-8-19(18)21-24-26-27-25-21/h5-12,15,20H,4,13-14H2,1-3H3,(H,29,30)(H,24,25,26,27). The molecule has 0 aliphatic rings. The van der Waals surface area contributed by atoms with Crippen LogP contribution in [0.5, 0.6) is 0 Å². The van der Waals surface area contributed by atoms with Gasteiger partial charge in [0.1, 0.15) is 6.04 Å². The second-order valence-corrected chi connectivity index (χ2v) is 7.76. The van der Waals surface area contributed by atoms with E-state index in [4.69, 9.17) is 4.74 Å². The molecule has 0 saturated heterocycles. The van der Waals surface area contributed by atoms with E-state index in [9.17, 15) is 14.7 Å². The van der Waals surface area contributed by atoms with E-state index < -0.39 is 18.1 Å². The third-order valence-corrected chi connectivity index (χ3v) is 5.03. The molecule has 1 aromatic heterocycles. The molecular formula is C23H27N5O4. The number of carboxylic acids is 1. The molecule has 1 atom stereocenters. The molecule has 0 aliphatic heterocycles. The summed E-state index contributed by atoms with van der Waals surface area (Å²) in [5.74, 6) is -0.765. The van der Waals surface area contributed by atoms with Crippen molar-refractivity contribution >= 4 is 12.1 Å². The third kappa shape index (κ3) is 5.29. The Labute approximate surface area is 186 Å². The molecule has 3 rings (SSSR count). The van der Waals surface area contributed by atoms with E-state index in [1.165, 1.54) is 4.90 Å². The van der Waals surface area contributed by atoms with Gasteiger partial charge in [0.05, 0.1) is 6.61 Å². The zero-order valence-electron chi connectivity index (χ0n) is 18.4. The number of aliphatic carboxylic acids is 1. The van der Waals surface area contributed by atoms with E-state index in [-0.39, 0.29) is 19.1 Å². The van der Waals surface area contributed by atoms with Crippen molar-refractivity contribution in [3.8, 4) is 22.5 Å². The first kappa shape index (κ1) is 22.9. The fourth-order valence-electron chi connectivity index (χ4n) is 3.53. The summed E-state index contributed by atoms with van der Waals surface area (Å²) in [4.78, 5) is 25.8. The fraction of sp³-hybridized carbons (Fsp3) is 0.348. The van der Waals surface area contributed by atoms with Gasteiger partial charge in [0.25, 0.3) is 0 Å². The van der Waals surface area contributed by atoms with Crippen LogP contribution in [0.15, 0.2) is 48.5 Å². The van der Waals surface area contributed by atoms with Crippen molar-refractivity contribution in [2.75, 3.05) is 6.61 Å². The van der Waals surface area contributed by atoms with Gasteiger partial charge in [0, 0.05) is 12.1 Å². The minimum absolute atomic E-state index is 0.131. The number of hydrogen-bond donors (Lipinski definition) is 2. The highest BCUT2D eigenvalue weighted by molar-refractivity contribution is 5.81. The van der Waals surface area contributed by atoms with Crippen LogP contribution in [0, 0.1) is 5.92 Å². The van der Waals surface area contributed by atoms with Crippen molar-refractivity contribution in [2.45, 2.75) is 39.8 Å². The number of rotatable bonds is 9. The molecule has 9 heteroatoms. The number of hydrogen-bond acceptors (Lipinski definition) is 6. The van der Waals surface area contributed by atoms with E-state index >= 15 is 0 Å². The molecule has 2 N–H and O–H groups in total. The van der Waals surface area contributed by atoms with Gasteiger partial charge in [0.2, 0.25) is 0 Å². The van der Waals surface area contributed by atoms with Gasteiger partial charge in [-0.3, -0.25) is 4.90 Å². The zero-order valence-corrected chi connectivity index (χ0v) is 18.4. The number of aromatic nitrogens is 4. The number of carbonyl (C=O) groups excluding carboxylic acids is 1. The van der Waals surface area contributed by atoms with Crippen LogP contribution in [0.25, 0.3) is 22.5 Å². The summed E-state index contributed by atoms with van der Waals surface area (Å²) in [7, 11) is 0. The Balaban J connectivity index is 1.87. The van der Waals surface area contributed by atoms with Crippen molar-refractivity contribution in [3.05, 3.63) is 54.1 Å². The lowest BCUT2D eigenvalue weighted by molar-refractivity contribution is -0.144. The number of carboxylic acid groups (broad SMARTS) is 1. The molecule has 1 heterocycles. The predicted molar refractivity (Wildman–Crippen MR) is 118 cm³/mol. The van der Waals surface area contributed by atoms with Crippen LogP contribution in [0.4, 0.5) is 4.79 Å². The summed E-state index contributed by atoms with van der Waals surface area (Å²) < 4.78 is 5.26. The van der Waals surface area contributed by atoms with Gasteiger partial charge in [-0.05, 0) is 39.5 Å². The van der Waals surface area contributed by atoms with Crippen molar-refractivity contribution in [2.24, 2.45) is 5.92 Å². The molecule has 0 aliphatic carbocycles. The Morgan fingerprint density at radius 2 is 1.78 bits per heavy atom. The number of ether oxygens (including phenoxy) is 1. The quantitative estimate of drug-likeness (QED) is 0.519. The molecule has 0 fully saturated rings. The number of carbonyl (C=O) groups is 2. The van der Waals surface area contributed by atoms with E-state index in [0.29, 0.717) is 12.2 Å². The van der Waals surface area contributed by atoms with E-state index in [1.807, 2.05) is 55.5 Å². The number of nitrogens with one attached hydrogen (secondary N) is 1. The Kier molecular flexibility index (Phi) is 7.54. The van der Waals surface area contributed by atoms with Gasteiger partial charge in [-0.2, -0.15) is 0 Å². The van der Waals surface area contributed by atoms with Crippen LogP contribution in [-0.4, -0.2) is 55.3 Å². The fourth-order valence-corrected chi connectivity index (χ4v) is 3.53. The number of benzene rings is 2. The summed E-state index contributed by atoms with van der Waals surface area (Å²) in [6, 6.07) is 14.4. The summed E-state index contributed by atoms with van der Waals surface area (Å²) >= 11 is 0. The molecule has 3 aromatic rings. The highest BCUT2D eigenvalue weighted by atomic mass is 16.6.